The summed E-state index contributed by atoms with van der Waals surface area (Å²) < 4.78 is 0. The zero-order chi connectivity index (χ0) is 13.0. The van der Waals surface area contributed by atoms with Gasteiger partial charge >= 0.3 is 5.97 Å². The average Bonchev–Trinajstić information content (AvgIpc) is 2.40. The van der Waals surface area contributed by atoms with Crippen LogP contribution in [0.3, 0.4) is 0 Å². The van der Waals surface area contributed by atoms with Gasteiger partial charge in [0.15, 0.2) is 0 Å². The van der Waals surface area contributed by atoms with Gasteiger partial charge in [-0.1, -0.05) is 0 Å². The maximum Gasteiger partial charge on any atom is 0.306 e. The molecule has 2 fully saturated rings. The van der Waals surface area contributed by atoms with E-state index in [1.54, 1.807) is 0 Å². The van der Waals surface area contributed by atoms with Crippen molar-refractivity contribution in [2.45, 2.75) is 44.6 Å². The first-order chi connectivity index (χ1) is 8.66. The summed E-state index contributed by atoms with van der Waals surface area (Å²) in [4.78, 5) is 22.9. The maximum absolute atomic E-state index is 12.1. The number of carbonyl (C=O) groups is 2. The van der Waals surface area contributed by atoms with Gasteiger partial charge in [-0.2, -0.15) is 11.8 Å². The van der Waals surface area contributed by atoms with Gasteiger partial charge in [0.05, 0.1) is 5.92 Å². The minimum Gasteiger partial charge on any atom is -0.481 e. The van der Waals surface area contributed by atoms with Gasteiger partial charge in [-0.25, -0.2) is 0 Å². The van der Waals surface area contributed by atoms with E-state index in [1.807, 2.05) is 11.8 Å². The van der Waals surface area contributed by atoms with Gasteiger partial charge in [0, 0.05) is 17.7 Å². The fraction of sp³-hybridized carbons (Fsp3) is 0.846. The molecular formula is C13H21NO3S. The van der Waals surface area contributed by atoms with E-state index in [9.17, 15) is 9.59 Å². The molecule has 5 heteroatoms. The second-order valence-corrected chi connectivity index (χ2v) is 6.46. The van der Waals surface area contributed by atoms with E-state index >= 15 is 0 Å². The van der Waals surface area contributed by atoms with Crippen molar-refractivity contribution in [3.8, 4) is 0 Å². The van der Waals surface area contributed by atoms with Crippen LogP contribution in [0.15, 0.2) is 0 Å². The van der Waals surface area contributed by atoms with Crippen LogP contribution in [0.2, 0.25) is 0 Å². The van der Waals surface area contributed by atoms with Crippen molar-refractivity contribution < 1.29 is 14.7 Å². The lowest BCUT2D eigenvalue weighted by molar-refractivity contribution is -0.144. The molecule has 0 aromatic carbocycles. The molecule has 1 aliphatic heterocycles. The maximum atomic E-state index is 12.1. The number of rotatable bonds is 3. The number of carbonyl (C=O) groups excluding carboxylic acids is 1. The third kappa shape index (κ3) is 3.64. The minimum atomic E-state index is -0.711. The number of amides is 1. The van der Waals surface area contributed by atoms with E-state index in [2.05, 4.69) is 5.32 Å². The van der Waals surface area contributed by atoms with E-state index < -0.39 is 5.97 Å². The largest absolute Gasteiger partial charge is 0.481 e. The number of carboxylic acid groups (broad SMARTS) is 1. The number of carboxylic acids is 1. The van der Waals surface area contributed by atoms with Crippen LogP contribution in [0.4, 0.5) is 0 Å². The summed E-state index contributed by atoms with van der Waals surface area (Å²) in [5.74, 6) is 1.46. The van der Waals surface area contributed by atoms with Gasteiger partial charge in [-0.3, -0.25) is 9.59 Å². The molecule has 1 unspecified atom stereocenters. The van der Waals surface area contributed by atoms with Crippen LogP contribution >= 0.6 is 11.8 Å². The Hall–Kier alpha value is -0.710. The molecule has 2 N–H and O–H groups in total. The van der Waals surface area contributed by atoms with Crippen molar-refractivity contribution in [3.63, 3.8) is 0 Å². The van der Waals surface area contributed by atoms with Crippen LogP contribution < -0.4 is 5.32 Å². The molecule has 1 aliphatic carbocycles. The second-order valence-electron chi connectivity index (χ2n) is 5.31. The zero-order valence-corrected chi connectivity index (χ0v) is 11.4. The number of hydrogen-bond acceptors (Lipinski definition) is 3. The Bertz CT molecular complexity index is 307. The summed E-state index contributed by atoms with van der Waals surface area (Å²) in [6.45, 7) is 0. The van der Waals surface area contributed by atoms with Crippen molar-refractivity contribution in [2.75, 3.05) is 11.5 Å². The van der Waals surface area contributed by atoms with Crippen LogP contribution in [-0.4, -0.2) is 34.5 Å². The summed E-state index contributed by atoms with van der Waals surface area (Å²) in [5.41, 5.74) is 0. The molecule has 1 atom stereocenters. The lowest BCUT2D eigenvalue weighted by Crippen LogP contribution is -2.42. The highest BCUT2D eigenvalue weighted by molar-refractivity contribution is 7.99. The van der Waals surface area contributed by atoms with Gasteiger partial charge in [0.2, 0.25) is 5.91 Å². The van der Waals surface area contributed by atoms with Crippen LogP contribution in [0.25, 0.3) is 0 Å². The molecule has 0 radical (unpaired) electrons. The van der Waals surface area contributed by atoms with Crippen molar-refractivity contribution in [1.29, 1.82) is 0 Å². The molecular weight excluding hydrogens is 250 g/mol. The molecule has 0 spiro atoms. The molecule has 2 aliphatic rings. The number of thioether (sulfide) groups is 1. The van der Waals surface area contributed by atoms with Crippen LogP contribution in [0.5, 0.6) is 0 Å². The van der Waals surface area contributed by atoms with Crippen molar-refractivity contribution in [3.05, 3.63) is 0 Å². The molecule has 2 rings (SSSR count). The quantitative estimate of drug-likeness (QED) is 0.822. The Balaban J connectivity index is 1.75. The minimum absolute atomic E-state index is 0.0347. The summed E-state index contributed by atoms with van der Waals surface area (Å²) in [6.07, 6.45) is 5.01. The predicted octanol–water partition coefficient (Wildman–Crippen LogP) is 1.89. The predicted molar refractivity (Wildman–Crippen MR) is 71.6 cm³/mol. The van der Waals surface area contributed by atoms with Crippen molar-refractivity contribution >= 4 is 23.6 Å². The van der Waals surface area contributed by atoms with Gasteiger partial charge in [-0.05, 0) is 44.3 Å². The molecule has 102 valence electrons. The first kappa shape index (κ1) is 13.7. The molecule has 1 heterocycles. The Labute approximate surface area is 112 Å². The fourth-order valence-electron chi connectivity index (χ4n) is 2.78. The number of aliphatic carboxylic acids is 1. The second kappa shape index (κ2) is 6.45. The highest BCUT2D eigenvalue weighted by Gasteiger charge is 2.30. The summed E-state index contributed by atoms with van der Waals surface area (Å²) in [7, 11) is 0. The first-order valence-electron chi connectivity index (χ1n) is 6.77. The Morgan fingerprint density at radius 3 is 2.28 bits per heavy atom. The zero-order valence-electron chi connectivity index (χ0n) is 10.6. The third-order valence-corrected chi connectivity index (χ3v) is 5.17. The SMILES string of the molecule is O=C(O)C1CCC(C(=O)NC2CCCSC2)CC1. The first-order valence-corrected chi connectivity index (χ1v) is 7.93. The molecule has 0 aromatic heterocycles. The average molecular weight is 271 g/mol. The van der Waals surface area contributed by atoms with Gasteiger partial charge in [-0.15, -0.1) is 0 Å². The summed E-state index contributed by atoms with van der Waals surface area (Å²) in [5, 5.41) is 12.0. The lowest BCUT2D eigenvalue weighted by atomic mass is 9.81. The molecule has 4 nitrogen and oxygen atoms in total. The molecule has 1 saturated carbocycles. The standard InChI is InChI=1S/C13H21NO3S/c15-12(14-11-2-1-7-18-8-11)9-3-5-10(6-4-9)13(16)17/h9-11H,1-8H2,(H,14,15)(H,16,17). The summed E-state index contributed by atoms with van der Waals surface area (Å²) in [6, 6.07) is 0.327. The highest BCUT2D eigenvalue weighted by Crippen LogP contribution is 2.29. The van der Waals surface area contributed by atoms with E-state index in [1.165, 1.54) is 12.2 Å². The van der Waals surface area contributed by atoms with E-state index in [0.29, 0.717) is 18.9 Å². The van der Waals surface area contributed by atoms with Gasteiger partial charge < -0.3 is 10.4 Å². The summed E-state index contributed by atoms with van der Waals surface area (Å²) >= 11 is 1.90. The lowest BCUT2D eigenvalue weighted by Gasteiger charge is -2.28. The van der Waals surface area contributed by atoms with Gasteiger partial charge in [0.25, 0.3) is 0 Å². The monoisotopic (exact) mass is 271 g/mol. The van der Waals surface area contributed by atoms with E-state index in [4.69, 9.17) is 5.11 Å². The highest BCUT2D eigenvalue weighted by atomic mass is 32.2. The van der Waals surface area contributed by atoms with Crippen LogP contribution in [0.1, 0.15) is 38.5 Å². The van der Waals surface area contributed by atoms with Crippen molar-refractivity contribution in [1.82, 2.24) is 5.32 Å². The van der Waals surface area contributed by atoms with Crippen molar-refractivity contribution in [2.24, 2.45) is 11.8 Å². The van der Waals surface area contributed by atoms with Crippen LogP contribution in [0, 0.1) is 11.8 Å². The molecule has 1 saturated heterocycles. The Morgan fingerprint density at radius 1 is 1.06 bits per heavy atom. The van der Waals surface area contributed by atoms with Crippen LogP contribution in [-0.2, 0) is 9.59 Å². The number of hydrogen-bond donors (Lipinski definition) is 2. The van der Waals surface area contributed by atoms with E-state index in [-0.39, 0.29) is 17.7 Å². The Kier molecular flexibility index (Phi) is 4.92. The normalized spacial score (nSPS) is 32.8. The fourth-order valence-corrected chi connectivity index (χ4v) is 3.85. The molecule has 1 amide bonds. The number of nitrogens with one attached hydrogen (secondary N) is 1. The smallest absolute Gasteiger partial charge is 0.306 e. The molecule has 18 heavy (non-hydrogen) atoms. The molecule has 0 bridgehead atoms. The van der Waals surface area contributed by atoms with Gasteiger partial charge in [0.1, 0.15) is 0 Å². The molecule has 0 aromatic rings. The third-order valence-electron chi connectivity index (χ3n) is 3.95. The topological polar surface area (TPSA) is 66.4 Å². The Morgan fingerprint density at radius 2 is 1.72 bits per heavy atom. The van der Waals surface area contributed by atoms with E-state index in [0.717, 1.165) is 25.0 Å².